The number of hydrogen-bond donors (Lipinski definition) is 0. The molecule has 3 heteroatoms. The van der Waals surface area contributed by atoms with Gasteiger partial charge in [-0.25, -0.2) is 0 Å². The van der Waals surface area contributed by atoms with Gasteiger partial charge in [0, 0.05) is 18.4 Å². The zero-order valence-electron chi connectivity index (χ0n) is 31.3. The van der Waals surface area contributed by atoms with E-state index in [0.29, 0.717) is 12.8 Å². The van der Waals surface area contributed by atoms with Crippen molar-refractivity contribution < 1.29 is 9.59 Å². The molecule has 0 aromatic heterocycles. The van der Waals surface area contributed by atoms with Crippen molar-refractivity contribution >= 4 is 11.8 Å². The Morgan fingerprint density at radius 1 is 0.489 bits per heavy atom. The van der Waals surface area contributed by atoms with Crippen LogP contribution in [0.3, 0.4) is 0 Å². The monoisotopic (exact) mass is 630 g/mol. The summed E-state index contributed by atoms with van der Waals surface area (Å²) < 4.78 is 0. The summed E-state index contributed by atoms with van der Waals surface area (Å²) in [5.41, 5.74) is -0.325. The van der Waals surface area contributed by atoms with E-state index in [4.69, 9.17) is 0 Å². The van der Waals surface area contributed by atoms with Crippen LogP contribution < -0.4 is 0 Å². The molecule has 2 fully saturated rings. The topological polar surface area (TPSA) is 37.4 Å². The molecular formula is C42H79NO2. The van der Waals surface area contributed by atoms with Crippen molar-refractivity contribution in [3.63, 3.8) is 0 Å². The van der Waals surface area contributed by atoms with Gasteiger partial charge in [0.1, 0.15) is 0 Å². The first-order valence-corrected chi connectivity index (χ1v) is 20.7. The Morgan fingerprint density at radius 3 is 1.24 bits per heavy atom. The first-order chi connectivity index (χ1) is 21.9. The fourth-order valence-corrected chi connectivity index (χ4v) is 9.18. The molecule has 4 atom stereocenters. The molecule has 1 aliphatic heterocycles. The van der Waals surface area contributed by atoms with Crippen LogP contribution in [0, 0.1) is 23.7 Å². The Balaban J connectivity index is 1.89. The Morgan fingerprint density at radius 2 is 0.822 bits per heavy atom. The molecule has 1 aliphatic carbocycles. The molecule has 0 aromatic carbocycles. The number of unbranched alkanes of at least 4 members (excludes halogenated alkanes) is 17. The van der Waals surface area contributed by atoms with Gasteiger partial charge in [-0.05, 0) is 69.6 Å². The van der Waals surface area contributed by atoms with E-state index in [9.17, 15) is 9.59 Å². The normalized spacial score (nSPS) is 22.6. The van der Waals surface area contributed by atoms with Gasteiger partial charge < -0.3 is 0 Å². The van der Waals surface area contributed by atoms with Crippen LogP contribution in [0.25, 0.3) is 0 Å². The molecule has 1 saturated heterocycles. The van der Waals surface area contributed by atoms with Gasteiger partial charge in [-0.1, -0.05) is 168 Å². The quantitative estimate of drug-likeness (QED) is 0.0638. The van der Waals surface area contributed by atoms with Gasteiger partial charge in [-0.15, -0.1) is 0 Å². The summed E-state index contributed by atoms with van der Waals surface area (Å²) in [7, 11) is 0. The molecule has 0 N–H and O–H groups in total. The van der Waals surface area contributed by atoms with Crippen LogP contribution in [-0.2, 0) is 9.59 Å². The van der Waals surface area contributed by atoms with E-state index in [1.807, 2.05) is 0 Å². The minimum atomic E-state index is -0.325. The number of likely N-dealkylation sites (tertiary alicyclic amines) is 1. The van der Waals surface area contributed by atoms with Crippen molar-refractivity contribution in [2.45, 2.75) is 233 Å². The lowest BCUT2D eigenvalue weighted by Crippen LogP contribution is -2.47. The third-order valence-corrected chi connectivity index (χ3v) is 11.9. The lowest BCUT2D eigenvalue weighted by molar-refractivity contribution is -0.144. The Labute approximate surface area is 282 Å². The minimum absolute atomic E-state index is 0.0333. The summed E-state index contributed by atoms with van der Waals surface area (Å²) in [6, 6.07) is 0. The molecule has 2 aliphatic rings. The second kappa shape index (κ2) is 24.3. The van der Waals surface area contributed by atoms with Gasteiger partial charge >= 0.3 is 0 Å². The van der Waals surface area contributed by atoms with Gasteiger partial charge in [-0.3, -0.25) is 14.5 Å². The maximum absolute atomic E-state index is 12.2. The third-order valence-electron chi connectivity index (χ3n) is 11.9. The van der Waals surface area contributed by atoms with E-state index < -0.39 is 0 Å². The molecular weight excluding hydrogens is 550 g/mol. The first-order valence-electron chi connectivity index (χ1n) is 20.7. The fraction of sp³-hybridized carbons (Fsp3) is 0.952. The maximum Gasteiger partial charge on any atom is 0.230 e. The molecule has 0 bridgehead atoms. The highest BCUT2D eigenvalue weighted by atomic mass is 16.2. The van der Waals surface area contributed by atoms with E-state index in [0.717, 1.165) is 36.5 Å². The average molecular weight is 630 g/mol. The van der Waals surface area contributed by atoms with Crippen LogP contribution in [0.5, 0.6) is 0 Å². The van der Waals surface area contributed by atoms with Crippen LogP contribution in [0.15, 0.2) is 0 Å². The Hall–Kier alpha value is -0.860. The summed E-state index contributed by atoms with van der Waals surface area (Å²) in [6.07, 6.45) is 40.0. The maximum atomic E-state index is 12.2. The number of rotatable bonds is 28. The van der Waals surface area contributed by atoms with E-state index in [1.165, 1.54) is 167 Å². The molecule has 2 rings (SSSR count). The highest BCUT2D eigenvalue weighted by Gasteiger charge is 2.40. The predicted molar refractivity (Wildman–Crippen MR) is 195 cm³/mol. The molecule has 2 amide bonds. The lowest BCUT2D eigenvalue weighted by Gasteiger charge is -2.44. The lowest BCUT2D eigenvalue weighted by atomic mass is 9.61. The highest BCUT2D eigenvalue weighted by Crippen LogP contribution is 2.48. The summed E-state index contributed by atoms with van der Waals surface area (Å²) in [5.74, 6) is 4.00. The zero-order chi connectivity index (χ0) is 32.8. The second-order valence-electron chi connectivity index (χ2n) is 16.1. The van der Waals surface area contributed by atoms with Crippen molar-refractivity contribution in [3.05, 3.63) is 0 Å². The fourth-order valence-electron chi connectivity index (χ4n) is 9.18. The summed E-state index contributed by atoms with van der Waals surface area (Å²) in [4.78, 5) is 26.1. The molecule has 1 heterocycles. The van der Waals surface area contributed by atoms with E-state index in [2.05, 4.69) is 34.6 Å². The van der Waals surface area contributed by atoms with Crippen LogP contribution in [0.2, 0.25) is 0 Å². The number of carbonyl (C=O) groups excluding carboxylic acids is 2. The first kappa shape index (κ1) is 40.3. The average Bonchev–Trinajstić information content (AvgIpc) is 3.37. The minimum Gasteiger partial charge on any atom is -0.277 e. The van der Waals surface area contributed by atoms with E-state index >= 15 is 0 Å². The number of hydrogen-bond acceptors (Lipinski definition) is 2. The van der Waals surface area contributed by atoms with Crippen molar-refractivity contribution in [2.75, 3.05) is 0 Å². The van der Waals surface area contributed by atoms with Crippen LogP contribution >= 0.6 is 0 Å². The standard InChI is InChI=1S/C42H79NO2/c1-6-9-12-15-19-24-29-38-36(27-22-14-11-8-3)31-32-37(39(38)30-25-20-16-13-10-7-2)28-23-18-17-21-26-35-42(4,5)43-40(44)33-34-41(43)45/h36-39H,6-35H2,1-5H3. The van der Waals surface area contributed by atoms with Gasteiger partial charge in [-0.2, -0.15) is 0 Å². The van der Waals surface area contributed by atoms with Gasteiger partial charge in [0.25, 0.3) is 0 Å². The molecule has 4 unspecified atom stereocenters. The summed E-state index contributed by atoms with van der Waals surface area (Å²) >= 11 is 0. The van der Waals surface area contributed by atoms with Crippen molar-refractivity contribution in [1.82, 2.24) is 4.90 Å². The Kier molecular flexibility index (Phi) is 21.8. The molecule has 264 valence electrons. The smallest absolute Gasteiger partial charge is 0.230 e. The van der Waals surface area contributed by atoms with Crippen LogP contribution in [-0.4, -0.2) is 22.3 Å². The second-order valence-corrected chi connectivity index (χ2v) is 16.1. The van der Waals surface area contributed by atoms with Crippen molar-refractivity contribution in [3.8, 4) is 0 Å². The van der Waals surface area contributed by atoms with E-state index in [-0.39, 0.29) is 17.4 Å². The molecule has 0 radical (unpaired) electrons. The van der Waals surface area contributed by atoms with Crippen molar-refractivity contribution in [2.24, 2.45) is 23.7 Å². The number of imide groups is 1. The number of nitrogens with zero attached hydrogens (tertiary/aromatic N) is 1. The molecule has 3 nitrogen and oxygen atoms in total. The molecule has 0 aromatic rings. The van der Waals surface area contributed by atoms with Gasteiger partial charge in [0.15, 0.2) is 0 Å². The summed E-state index contributed by atoms with van der Waals surface area (Å²) in [6.45, 7) is 11.2. The highest BCUT2D eigenvalue weighted by molar-refractivity contribution is 6.02. The molecule has 0 spiro atoms. The largest absolute Gasteiger partial charge is 0.277 e. The van der Waals surface area contributed by atoms with Gasteiger partial charge in [0.2, 0.25) is 11.8 Å². The number of carbonyl (C=O) groups is 2. The summed E-state index contributed by atoms with van der Waals surface area (Å²) in [5, 5.41) is 0. The van der Waals surface area contributed by atoms with E-state index in [1.54, 1.807) is 4.90 Å². The SMILES string of the molecule is CCCCCCCCC1C(CCCCCC)CCC(CCCCCCCC(C)(C)N2C(=O)CCC2=O)C1CCCCCCCC. The van der Waals surface area contributed by atoms with Crippen molar-refractivity contribution in [1.29, 1.82) is 0 Å². The molecule has 45 heavy (non-hydrogen) atoms. The third kappa shape index (κ3) is 15.7. The zero-order valence-corrected chi connectivity index (χ0v) is 31.3. The van der Waals surface area contributed by atoms with Crippen LogP contribution in [0.4, 0.5) is 0 Å². The molecule has 1 saturated carbocycles. The predicted octanol–water partition coefficient (Wildman–Crippen LogP) is 13.4. The number of amides is 2. The van der Waals surface area contributed by atoms with Crippen LogP contribution in [0.1, 0.15) is 227 Å². The Bertz CT molecular complexity index is 744. The van der Waals surface area contributed by atoms with Gasteiger partial charge in [0.05, 0.1) is 0 Å².